The first kappa shape index (κ1) is 59.9. The molecule has 3 heterocycles. The van der Waals surface area contributed by atoms with Crippen molar-refractivity contribution in [3.63, 3.8) is 0 Å². The number of unbranched alkanes of at least 4 members (excludes halogenated alkanes) is 12. The maximum absolute atomic E-state index is 12.7. The number of aromatic nitrogens is 4. The van der Waals surface area contributed by atoms with Crippen LogP contribution in [0.25, 0.3) is 11.2 Å². The van der Waals surface area contributed by atoms with Gasteiger partial charge in [0, 0.05) is 37.1 Å². The molecule has 1 aliphatic rings. The predicted octanol–water partition coefficient (Wildman–Crippen LogP) is 5.17. The van der Waals surface area contributed by atoms with Gasteiger partial charge in [0.2, 0.25) is 11.8 Å². The standard InChI is InChI=1S/C40H72N7O17P3S/c1-28(2)18-16-14-12-10-8-6-5-7-9-11-13-15-17-19-31(49)68-23-22-42-30(48)20-21-43-38(52)35(51)40(3,4)25-61-67(58,59)64-66(56,57)60-24-29-34(63-65(53,54)55)33(50)39(62-29)47-27-46-32-36(41)44-26-45-37(32)47/h26-29,33-35,39,50-51H,5-25H2,1-4H3,(H,42,48)(H,43,52)(H,56,57)(H,58,59)(H2,41,44,45)(H2,53,54,55)/t29-,33-,34-,35+,39-/m1/s1. The fourth-order valence-electron chi connectivity index (χ4n) is 7.13. The first-order valence-electron chi connectivity index (χ1n) is 23.0. The van der Waals surface area contributed by atoms with E-state index in [9.17, 15) is 57.9 Å². The number of ether oxygens (including phenoxy) is 1. The molecule has 28 heteroatoms. The molecule has 2 unspecified atom stereocenters. The van der Waals surface area contributed by atoms with Crippen LogP contribution in [0.4, 0.5) is 5.82 Å². The maximum atomic E-state index is 12.7. The van der Waals surface area contributed by atoms with Crippen LogP contribution in [0.15, 0.2) is 12.7 Å². The number of phosphoric acid groups is 3. The monoisotopic (exact) mass is 1050 g/mol. The minimum atomic E-state index is -5.57. The number of aliphatic hydroxyl groups excluding tert-OH is 2. The second-order valence-electron chi connectivity index (χ2n) is 17.8. The number of anilines is 1. The number of aliphatic hydroxyl groups is 2. The van der Waals surface area contributed by atoms with Gasteiger partial charge in [-0.3, -0.25) is 32.5 Å². The fourth-order valence-corrected chi connectivity index (χ4v) is 10.7. The Balaban J connectivity index is 1.28. The van der Waals surface area contributed by atoms with E-state index >= 15 is 0 Å². The number of nitrogen functional groups attached to an aromatic ring is 1. The van der Waals surface area contributed by atoms with E-state index in [-0.39, 0.29) is 41.6 Å². The summed E-state index contributed by atoms with van der Waals surface area (Å²) >= 11 is 1.16. The van der Waals surface area contributed by atoms with Crippen LogP contribution < -0.4 is 16.4 Å². The number of hydrogen-bond donors (Lipinski definition) is 9. The fraction of sp³-hybridized carbons (Fsp3) is 0.800. The van der Waals surface area contributed by atoms with Crippen molar-refractivity contribution >= 4 is 69.1 Å². The van der Waals surface area contributed by atoms with Crippen molar-refractivity contribution < 1.29 is 80.5 Å². The molecule has 0 saturated carbocycles. The van der Waals surface area contributed by atoms with E-state index in [1.54, 1.807) is 0 Å². The largest absolute Gasteiger partial charge is 0.481 e. The summed E-state index contributed by atoms with van der Waals surface area (Å²) in [7, 11) is -16.4. The van der Waals surface area contributed by atoms with Gasteiger partial charge in [0.25, 0.3) is 0 Å². The van der Waals surface area contributed by atoms with Crippen molar-refractivity contribution in [2.24, 2.45) is 11.3 Å². The Bertz CT molecular complexity index is 2030. The number of rotatable bonds is 35. The SMILES string of the molecule is CC(C)CCCCCCCCCCCCCCCC(=O)SCCNC(=O)CCNC(=O)[C@H](O)C(C)(C)COP(=O)(O)OP(=O)(O)OC[C@H]1O[C@@H](n2cnc3c(N)ncnc32)[C@H](O)[C@@H]1OP(=O)(O)O. The molecule has 1 fully saturated rings. The highest BCUT2D eigenvalue weighted by molar-refractivity contribution is 8.13. The van der Waals surface area contributed by atoms with Gasteiger partial charge >= 0.3 is 23.5 Å². The van der Waals surface area contributed by atoms with Gasteiger partial charge in [0.05, 0.1) is 19.5 Å². The van der Waals surface area contributed by atoms with E-state index in [1.165, 1.54) is 84.5 Å². The summed E-state index contributed by atoms with van der Waals surface area (Å²) in [5.74, 6) is -0.214. The topological polar surface area (TPSA) is 364 Å². The number of carbonyl (C=O) groups is 3. The van der Waals surface area contributed by atoms with Gasteiger partial charge in [-0.05, 0) is 12.3 Å². The van der Waals surface area contributed by atoms with E-state index in [1.807, 2.05) is 0 Å². The van der Waals surface area contributed by atoms with Crippen LogP contribution in [0.1, 0.15) is 137 Å². The molecule has 2 amide bonds. The second kappa shape index (κ2) is 29.2. The number of carbonyl (C=O) groups excluding carboxylic acids is 3. The molecular formula is C40H72N7O17P3S. The number of thioether (sulfide) groups is 1. The van der Waals surface area contributed by atoms with Crippen LogP contribution in [0.3, 0.4) is 0 Å². The number of phosphoric ester groups is 3. The lowest BCUT2D eigenvalue weighted by Gasteiger charge is -2.30. The molecule has 0 spiro atoms. The highest BCUT2D eigenvalue weighted by atomic mass is 32.2. The van der Waals surface area contributed by atoms with Crippen LogP contribution in [-0.4, -0.2) is 123 Å². The highest BCUT2D eigenvalue weighted by Crippen LogP contribution is 2.61. The number of imidazole rings is 1. The van der Waals surface area contributed by atoms with Gasteiger partial charge in [-0.25, -0.2) is 28.6 Å². The summed E-state index contributed by atoms with van der Waals surface area (Å²) < 4.78 is 62.5. The first-order valence-corrected chi connectivity index (χ1v) is 28.5. The van der Waals surface area contributed by atoms with Gasteiger partial charge in [-0.15, -0.1) is 0 Å². The summed E-state index contributed by atoms with van der Waals surface area (Å²) in [4.78, 5) is 88.4. The lowest BCUT2D eigenvalue weighted by Crippen LogP contribution is -2.46. The van der Waals surface area contributed by atoms with Crippen molar-refractivity contribution in [1.82, 2.24) is 30.2 Å². The number of amides is 2. The zero-order valence-electron chi connectivity index (χ0n) is 39.3. The molecule has 0 bridgehead atoms. The molecular weight excluding hydrogens is 975 g/mol. The van der Waals surface area contributed by atoms with Crippen molar-refractivity contribution in [3.05, 3.63) is 12.7 Å². The van der Waals surface area contributed by atoms with E-state index in [2.05, 4.69) is 48.3 Å². The Hall–Kier alpha value is -2.44. The summed E-state index contributed by atoms with van der Waals surface area (Å²) in [6.45, 7) is 5.14. The van der Waals surface area contributed by atoms with Gasteiger partial charge in [-0.2, -0.15) is 4.31 Å². The highest BCUT2D eigenvalue weighted by Gasteiger charge is 2.50. The smallest absolute Gasteiger partial charge is 0.386 e. The van der Waals surface area contributed by atoms with E-state index in [0.29, 0.717) is 12.2 Å². The molecule has 1 saturated heterocycles. The Kier molecular flexibility index (Phi) is 25.7. The quantitative estimate of drug-likeness (QED) is 0.0317. The van der Waals surface area contributed by atoms with E-state index < -0.39 is 84.6 Å². The molecule has 1 aliphatic heterocycles. The molecule has 3 rings (SSSR count). The number of nitrogens with zero attached hydrogens (tertiary/aromatic N) is 4. The molecule has 68 heavy (non-hydrogen) atoms. The Morgan fingerprint density at radius 1 is 0.853 bits per heavy atom. The van der Waals surface area contributed by atoms with Crippen LogP contribution in [0, 0.1) is 11.3 Å². The molecule has 10 N–H and O–H groups in total. The zero-order chi connectivity index (χ0) is 50.5. The minimum absolute atomic E-state index is 0.0339. The first-order chi connectivity index (χ1) is 31.9. The summed E-state index contributed by atoms with van der Waals surface area (Å²) in [6, 6.07) is 0. The normalized spacial score (nSPS) is 20.0. The molecule has 2 aromatic heterocycles. The number of nitrogens with one attached hydrogen (secondary N) is 2. The van der Waals surface area contributed by atoms with E-state index in [4.69, 9.17) is 19.5 Å². The van der Waals surface area contributed by atoms with Gasteiger partial charge in [0.1, 0.15) is 36.3 Å². The summed E-state index contributed by atoms with van der Waals surface area (Å²) in [5, 5.41) is 26.7. The van der Waals surface area contributed by atoms with Crippen molar-refractivity contribution in [2.45, 2.75) is 161 Å². The van der Waals surface area contributed by atoms with Crippen molar-refractivity contribution in [3.8, 4) is 0 Å². The molecule has 24 nitrogen and oxygen atoms in total. The maximum Gasteiger partial charge on any atom is 0.481 e. The molecule has 2 aromatic rings. The minimum Gasteiger partial charge on any atom is -0.386 e. The third-order valence-corrected chi connectivity index (χ3v) is 15.0. The molecule has 390 valence electrons. The van der Waals surface area contributed by atoms with Gasteiger partial charge in [-0.1, -0.05) is 123 Å². The van der Waals surface area contributed by atoms with Crippen molar-refractivity contribution in [1.29, 1.82) is 0 Å². The molecule has 0 aliphatic carbocycles. The predicted molar refractivity (Wildman–Crippen MR) is 251 cm³/mol. The lowest BCUT2D eigenvalue weighted by molar-refractivity contribution is -0.137. The van der Waals surface area contributed by atoms with E-state index in [0.717, 1.165) is 54.2 Å². The summed E-state index contributed by atoms with van der Waals surface area (Å²) in [5.41, 5.74) is 4.29. The van der Waals surface area contributed by atoms with Gasteiger partial charge < -0.3 is 50.9 Å². The number of fused-ring (bicyclic) bond motifs is 1. The van der Waals surface area contributed by atoms with Crippen LogP contribution in [-0.2, 0) is 50.7 Å². The number of nitrogens with two attached hydrogens (primary N) is 1. The van der Waals surface area contributed by atoms with Crippen molar-refractivity contribution in [2.75, 3.05) is 37.8 Å². The molecule has 7 atom stereocenters. The Morgan fingerprint density at radius 3 is 2.04 bits per heavy atom. The third kappa shape index (κ3) is 22.3. The third-order valence-electron chi connectivity index (χ3n) is 10.9. The Morgan fingerprint density at radius 2 is 1.44 bits per heavy atom. The van der Waals surface area contributed by atoms with Crippen LogP contribution in [0.5, 0.6) is 0 Å². The van der Waals surface area contributed by atoms with Crippen LogP contribution >= 0.6 is 35.2 Å². The molecule has 0 aromatic carbocycles. The Labute approximate surface area is 401 Å². The second-order valence-corrected chi connectivity index (χ2v) is 23.2. The van der Waals surface area contributed by atoms with Gasteiger partial charge in [0.15, 0.2) is 22.8 Å². The number of hydrogen-bond acceptors (Lipinski definition) is 18. The summed E-state index contributed by atoms with van der Waals surface area (Å²) in [6.07, 6.45) is 11.0. The molecule has 0 radical (unpaired) electrons. The zero-order valence-corrected chi connectivity index (χ0v) is 42.8. The van der Waals surface area contributed by atoms with Crippen LogP contribution in [0.2, 0.25) is 0 Å². The average Bonchev–Trinajstić information content (AvgIpc) is 3.81. The lowest BCUT2D eigenvalue weighted by atomic mass is 9.87. The average molecular weight is 1050 g/mol.